The Labute approximate surface area is 171 Å². The topological polar surface area (TPSA) is 221 Å². The summed E-state index contributed by atoms with van der Waals surface area (Å²) >= 11 is 0. The van der Waals surface area contributed by atoms with E-state index in [2.05, 4.69) is 26.5 Å². The maximum Gasteiger partial charge on any atom is 0.328 e. The molecule has 1 fully saturated rings. The van der Waals surface area contributed by atoms with Crippen molar-refractivity contribution in [2.24, 2.45) is 5.73 Å². The van der Waals surface area contributed by atoms with Gasteiger partial charge in [0.05, 0.1) is 12.6 Å². The van der Waals surface area contributed by atoms with Crippen LogP contribution in [0.4, 0.5) is 10.7 Å². The van der Waals surface area contributed by atoms with Crippen LogP contribution in [0.25, 0.3) is 0 Å². The molecule has 14 nitrogen and oxygen atoms in total. The smallest absolute Gasteiger partial charge is 0.328 e. The number of aliphatic carboxylic acids is 2. The zero-order valence-corrected chi connectivity index (χ0v) is 16.6. The van der Waals surface area contributed by atoms with E-state index in [0.29, 0.717) is 13.0 Å². The molecule has 168 valence electrons. The van der Waals surface area contributed by atoms with Crippen LogP contribution >= 0.6 is 0 Å². The molecule has 1 aliphatic heterocycles. The lowest BCUT2D eigenvalue weighted by atomic mass is 10.0. The third-order valence-corrected chi connectivity index (χ3v) is 3.94. The van der Waals surface area contributed by atoms with Crippen molar-refractivity contribution in [3.63, 3.8) is 0 Å². The number of primary amides is 1. The molecule has 0 radical (unpaired) electrons. The van der Waals surface area contributed by atoms with Gasteiger partial charge >= 0.3 is 18.0 Å². The minimum atomic E-state index is -1.46. The number of rotatable bonds is 7. The van der Waals surface area contributed by atoms with Crippen molar-refractivity contribution in [2.75, 3.05) is 11.4 Å². The van der Waals surface area contributed by atoms with E-state index < -0.39 is 36.2 Å². The molecule has 1 aromatic heterocycles. The van der Waals surface area contributed by atoms with E-state index in [9.17, 15) is 29.4 Å². The van der Waals surface area contributed by atoms with Crippen molar-refractivity contribution in [1.82, 2.24) is 20.8 Å². The fourth-order valence-corrected chi connectivity index (χ4v) is 2.60. The largest absolute Gasteiger partial charge is 0.480 e. The van der Waals surface area contributed by atoms with Crippen LogP contribution in [-0.4, -0.2) is 74.1 Å². The molecular formula is C16H26N6O8. The molecule has 7 N–H and O–H groups in total. The summed E-state index contributed by atoms with van der Waals surface area (Å²) < 4.78 is 4.99. The molecule has 0 bridgehead atoms. The van der Waals surface area contributed by atoms with Gasteiger partial charge < -0.3 is 41.1 Å². The highest BCUT2D eigenvalue weighted by atomic mass is 16.5. The summed E-state index contributed by atoms with van der Waals surface area (Å²) in [5.74, 6) is -2.51. The Hall–Kier alpha value is -3.42. The second-order valence-electron chi connectivity index (χ2n) is 6.53. The lowest BCUT2D eigenvalue weighted by Gasteiger charge is -2.31. The van der Waals surface area contributed by atoms with Crippen molar-refractivity contribution < 1.29 is 39.0 Å². The van der Waals surface area contributed by atoms with Gasteiger partial charge in [-0.1, -0.05) is 0 Å². The normalized spacial score (nSPS) is 17.7. The first kappa shape index (κ1) is 24.6. The first-order valence-electron chi connectivity index (χ1n) is 9.06. The van der Waals surface area contributed by atoms with Crippen molar-refractivity contribution in [3.05, 3.63) is 5.89 Å². The number of nitrogens with one attached hydrogen (secondary N) is 2. The molecule has 0 aliphatic carbocycles. The number of nitrogens with two attached hydrogens (primary N) is 1. The Balaban J connectivity index is 0.00000103. The van der Waals surface area contributed by atoms with Gasteiger partial charge in [0.15, 0.2) is 6.04 Å². The number of urea groups is 1. The molecular weight excluding hydrogens is 404 g/mol. The third-order valence-electron chi connectivity index (χ3n) is 3.94. The van der Waals surface area contributed by atoms with E-state index >= 15 is 0 Å². The minimum Gasteiger partial charge on any atom is -0.480 e. The fourth-order valence-electron chi connectivity index (χ4n) is 2.60. The predicted octanol–water partition coefficient (Wildman–Crippen LogP) is -1.36. The van der Waals surface area contributed by atoms with Crippen molar-refractivity contribution in [2.45, 2.75) is 57.8 Å². The van der Waals surface area contributed by atoms with E-state index in [1.165, 1.54) is 18.7 Å². The van der Waals surface area contributed by atoms with Gasteiger partial charge in [-0.15, -0.1) is 0 Å². The molecule has 1 saturated heterocycles. The number of amides is 3. The fraction of sp³-hybridized carbons (Fsp3) is 0.625. The van der Waals surface area contributed by atoms with Gasteiger partial charge in [0.1, 0.15) is 6.04 Å². The Morgan fingerprint density at radius 2 is 1.93 bits per heavy atom. The second kappa shape index (κ2) is 11.5. The van der Waals surface area contributed by atoms with Crippen LogP contribution in [0.2, 0.25) is 0 Å². The summed E-state index contributed by atoms with van der Waals surface area (Å²) in [6, 6.07) is -3.02. The number of carboxylic acids is 2. The molecule has 1 aromatic rings. The summed E-state index contributed by atoms with van der Waals surface area (Å²) in [7, 11) is 0. The van der Waals surface area contributed by atoms with Crippen LogP contribution < -0.4 is 21.3 Å². The van der Waals surface area contributed by atoms with Gasteiger partial charge in [-0.3, -0.25) is 4.79 Å². The standard InChI is InChI=1S/C14H21N5O7.C2H5NO/c1-7(20)10(12(23)24)17-14(25)15-6-9-16-13(18-26-9)19-5-3-2-4-8(19)11(21)22;1-2(3)4/h7-8,10,20H,2-6H2,1H3,(H,21,22)(H,23,24)(H2,15,17,25);1H3,(H2,3,4). The molecule has 0 saturated carbocycles. The quantitative estimate of drug-likeness (QED) is 0.296. The average Bonchev–Trinajstić information content (AvgIpc) is 3.12. The summed E-state index contributed by atoms with van der Waals surface area (Å²) in [6.45, 7) is 2.84. The number of aliphatic hydroxyl groups excluding tert-OH is 1. The highest BCUT2D eigenvalue weighted by Gasteiger charge is 2.31. The number of carbonyl (C=O) groups excluding carboxylic acids is 2. The molecule has 1 aliphatic rings. The van der Waals surface area contributed by atoms with Crippen LogP contribution in [0.3, 0.4) is 0 Å². The van der Waals surface area contributed by atoms with E-state index in [-0.39, 0.29) is 24.3 Å². The van der Waals surface area contributed by atoms with Gasteiger partial charge in [0.25, 0.3) is 5.95 Å². The van der Waals surface area contributed by atoms with Gasteiger partial charge in [0, 0.05) is 13.5 Å². The Kier molecular flexibility index (Phi) is 9.48. The number of anilines is 1. The highest BCUT2D eigenvalue weighted by Crippen LogP contribution is 2.22. The van der Waals surface area contributed by atoms with Crippen molar-refractivity contribution in [3.8, 4) is 0 Å². The number of carbonyl (C=O) groups is 4. The number of carboxylic acid groups (broad SMARTS) is 2. The van der Waals surface area contributed by atoms with E-state index in [4.69, 9.17) is 9.63 Å². The molecule has 14 heteroatoms. The molecule has 3 atom stereocenters. The minimum absolute atomic E-state index is 0.0359. The maximum absolute atomic E-state index is 11.7. The molecule has 0 aromatic carbocycles. The van der Waals surface area contributed by atoms with Crippen molar-refractivity contribution >= 4 is 29.8 Å². The van der Waals surface area contributed by atoms with Gasteiger partial charge in [-0.25, -0.2) is 14.4 Å². The second-order valence-corrected chi connectivity index (χ2v) is 6.53. The zero-order valence-electron chi connectivity index (χ0n) is 16.6. The lowest BCUT2D eigenvalue weighted by molar-refractivity contribution is -0.142. The molecule has 3 amide bonds. The summed E-state index contributed by atoms with van der Waals surface area (Å²) in [5, 5.41) is 35.7. The average molecular weight is 430 g/mol. The van der Waals surface area contributed by atoms with Crippen LogP contribution in [0, 0.1) is 0 Å². The first-order chi connectivity index (χ1) is 14.0. The highest BCUT2D eigenvalue weighted by molar-refractivity contribution is 5.82. The SMILES string of the molecule is CC(N)=O.CC(O)C(NC(=O)NCc1nc(N2CCCCC2C(=O)O)no1)C(=O)O. The molecule has 2 rings (SSSR count). The molecule has 0 spiro atoms. The van der Waals surface area contributed by atoms with E-state index in [0.717, 1.165) is 12.8 Å². The number of piperidine rings is 1. The van der Waals surface area contributed by atoms with E-state index in [1.807, 2.05) is 0 Å². The Morgan fingerprint density at radius 1 is 1.30 bits per heavy atom. The summed E-state index contributed by atoms with van der Waals surface area (Å²) in [6.07, 6.45) is 0.814. The number of nitrogens with zero attached hydrogens (tertiary/aromatic N) is 3. The summed E-state index contributed by atoms with van der Waals surface area (Å²) in [4.78, 5) is 48.8. The number of aromatic nitrogens is 2. The van der Waals surface area contributed by atoms with Gasteiger partial charge in [-0.05, 0) is 31.3 Å². The Morgan fingerprint density at radius 3 is 2.47 bits per heavy atom. The van der Waals surface area contributed by atoms with Crippen molar-refractivity contribution in [1.29, 1.82) is 0 Å². The van der Waals surface area contributed by atoms with E-state index in [1.54, 1.807) is 0 Å². The van der Waals surface area contributed by atoms with Crippen LogP contribution in [0.15, 0.2) is 4.52 Å². The van der Waals surface area contributed by atoms with Crippen LogP contribution in [-0.2, 0) is 20.9 Å². The number of aliphatic hydroxyl groups is 1. The van der Waals surface area contributed by atoms with Crippen LogP contribution in [0.1, 0.15) is 39.0 Å². The monoisotopic (exact) mass is 430 g/mol. The predicted molar refractivity (Wildman–Crippen MR) is 100 cm³/mol. The molecule has 3 unspecified atom stereocenters. The van der Waals surface area contributed by atoms with Gasteiger partial charge in [-0.2, -0.15) is 4.98 Å². The first-order valence-corrected chi connectivity index (χ1v) is 9.06. The van der Waals surface area contributed by atoms with Gasteiger partial charge in [0.2, 0.25) is 11.8 Å². The maximum atomic E-state index is 11.7. The lowest BCUT2D eigenvalue weighted by Crippen LogP contribution is -2.51. The number of hydrogen-bond donors (Lipinski definition) is 6. The summed E-state index contributed by atoms with van der Waals surface area (Å²) in [5.41, 5.74) is 4.47. The molecule has 30 heavy (non-hydrogen) atoms. The zero-order chi connectivity index (χ0) is 22.8. The molecule has 2 heterocycles. The number of hydrogen-bond acceptors (Lipinski definition) is 9. The van der Waals surface area contributed by atoms with Crippen LogP contribution in [0.5, 0.6) is 0 Å². The third kappa shape index (κ3) is 7.90. The Bertz CT molecular complexity index is 748.